The van der Waals surface area contributed by atoms with Gasteiger partial charge in [-0.1, -0.05) is 46.2 Å². The zero-order valence-electron chi connectivity index (χ0n) is 14.3. The highest BCUT2D eigenvalue weighted by Crippen LogP contribution is 2.38. The van der Waals surface area contributed by atoms with Crippen molar-refractivity contribution in [1.82, 2.24) is 10.3 Å². The first-order valence-electron chi connectivity index (χ1n) is 8.44. The molecule has 0 saturated heterocycles. The second-order valence-corrected chi connectivity index (χ2v) is 6.60. The SMILES string of the molecule is O=C(Nc1cc(-c2cccc(Cl)c2)no1)c1noc2c1COc1ccccc1-2. The van der Waals surface area contributed by atoms with Crippen molar-refractivity contribution in [2.75, 3.05) is 5.32 Å². The molecule has 138 valence electrons. The fourth-order valence-electron chi connectivity index (χ4n) is 3.05. The van der Waals surface area contributed by atoms with Gasteiger partial charge in [-0.15, -0.1) is 0 Å². The average molecular weight is 394 g/mol. The van der Waals surface area contributed by atoms with Gasteiger partial charge in [-0.3, -0.25) is 10.1 Å². The van der Waals surface area contributed by atoms with Crippen molar-refractivity contribution in [3.8, 4) is 28.3 Å². The molecule has 0 spiro atoms. The molecule has 0 unspecified atom stereocenters. The highest BCUT2D eigenvalue weighted by molar-refractivity contribution is 6.30. The van der Waals surface area contributed by atoms with E-state index in [0.29, 0.717) is 27.8 Å². The molecular formula is C20H12ClN3O4. The van der Waals surface area contributed by atoms with E-state index in [0.717, 1.165) is 11.1 Å². The first-order valence-corrected chi connectivity index (χ1v) is 8.81. The topological polar surface area (TPSA) is 90.4 Å². The quantitative estimate of drug-likeness (QED) is 0.538. The Hall–Kier alpha value is -3.58. The summed E-state index contributed by atoms with van der Waals surface area (Å²) in [7, 11) is 0. The predicted octanol–water partition coefficient (Wildman–Crippen LogP) is 4.79. The first-order chi connectivity index (χ1) is 13.7. The summed E-state index contributed by atoms with van der Waals surface area (Å²) in [5.41, 5.74) is 2.83. The summed E-state index contributed by atoms with van der Waals surface area (Å²) in [4.78, 5) is 12.7. The van der Waals surface area contributed by atoms with Crippen LogP contribution in [0.25, 0.3) is 22.6 Å². The molecule has 0 bridgehead atoms. The van der Waals surface area contributed by atoms with E-state index in [2.05, 4.69) is 15.6 Å². The number of fused-ring (bicyclic) bond motifs is 3. The molecule has 4 aromatic rings. The van der Waals surface area contributed by atoms with E-state index in [1.165, 1.54) is 0 Å². The minimum atomic E-state index is -0.471. The van der Waals surface area contributed by atoms with E-state index in [9.17, 15) is 4.79 Å². The molecule has 1 aliphatic heterocycles. The molecule has 1 amide bonds. The summed E-state index contributed by atoms with van der Waals surface area (Å²) >= 11 is 6.00. The second-order valence-electron chi connectivity index (χ2n) is 6.16. The molecule has 0 saturated carbocycles. The van der Waals surface area contributed by atoms with Crippen LogP contribution in [0.5, 0.6) is 5.75 Å². The van der Waals surface area contributed by atoms with Crippen molar-refractivity contribution in [2.45, 2.75) is 6.61 Å². The van der Waals surface area contributed by atoms with Gasteiger partial charge in [-0.25, -0.2) is 0 Å². The van der Waals surface area contributed by atoms with Gasteiger partial charge in [-0.2, -0.15) is 0 Å². The summed E-state index contributed by atoms with van der Waals surface area (Å²) < 4.78 is 16.3. The maximum absolute atomic E-state index is 12.7. The van der Waals surface area contributed by atoms with Gasteiger partial charge in [-0.05, 0) is 24.3 Å². The molecule has 5 rings (SSSR count). The fraction of sp³-hybridized carbons (Fsp3) is 0.0500. The van der Waals surface area contributed by atoms with Crippen LogP contribution in [0.4, 0.5) is 5.88 Å². The summed E-state index contributed by atoms with van der Waals surface area (Å²) in [6, 6.07) is 16.2. The van der Waals surface area contributed by atoms with Crippen LogP contribution in [-0.4, -0.2) is 16.2 Å². The summed E-state index contributed by atoms with van der Waals surface area (Å²) in [5.74, 6) is 0.944. The third-order valence-electron chi connectivity index (χ3n) is 4.37. The molecule has 2 aromatic heterocycles. The number of hydrogen-bond donors (Lipinski definition) is 1. The highest BCUT2D eigenvalue weighted by atomic mass is 35.5. The summed E-state index contributed by atoms with van der Waals surface area (Å²) in [6.45, 7) is 0.197. The van der Waals surface area contributed by atoms with Crippen LogP contribution >= 0.6 is 11.6 Å². The lowest BCUT2D eigenvalue weighted by Gasteiger charge is -2.15. The number of amides is 1. The maximum atomic E-state index is 12.7. The van der Waals surface area contributed by atoms with Crippen LogP contribution in [0, 0.1) is 0 Å². The lowest BCUT2D eigenvalue weighted by molar-refractivity contribution is 0.101. The van der Waals surface area contributed by atoms with Gasteiger partial charge in [0.15, 0.2) is 11.5 Å². The number of anilines is 1. The van der Waals surface area contributed by atoms with Crippen molar-refractivity contribution < 1.29 is 18.6 Å². The van der Waals surface area contributed by atoms with E-state index < -0.39 is 5.91 Å². The van der Waals surface area contributed by atoms with Crippen LogP contribution in [0.1, 0.15) is 16.1 Å². The second kappa shape index (κ2) is 6.54. The van der Waals surface area contributed by atoms with Gasteiger partial charge in [0.25, 0.3) is 5.91 Å². The van der Waals surface area contributed by atoms with E-state index in [-0.39, 0.29) is 18.2 Å². The molecule has 0 radical (unpaired) electrons. The van der Waals surface area contributed by atoms with Crippen molar-refractivity contribution >= 4 is 23.4 Å². The Kier molecular flexibility index (Phi) is 3.87. The van der Waals surface area contributed by atoms with Crippen molar-refractivity contribution in [1.29, 1.82) is 0 Å². The number of nitrogens with one attached hydrogen (secondary N) is 1. The first kappa shape index (κ1) is 16.6. The Morgan fingerprint density at radius 1 is 1.04 bits per heavy atom. The number of para-hydroxylation sites is 1. The minimum absolute atomic E-state index is 0.144. The van der Waals surface area contributed by atoms with Gasteiger partial charge in [0, 0.05) is 16.7 Å². The maximum Gasteiger partial charge on any atom is 0.280 e. The zero-order chi connectivity index (χ0) is 19.1. The number of halogens is 1. The number of hydrogen-bond acceptors (Lipinski definition) is 6. The highest BCUT2D eigenvalue weighted by Gasteiger charge is 2.29. The summed E-state index contributed by atoms with van der Waals surface area (Å²) in [6.07, 6.45) is 0. The number of nitrogens with zero attached hydrogens (tertiary/aromatic N) is 2. The third kappa shape index (κ3) is 2.82. The van der Waals surface area contributed by atoms with E-state index in [1.54, 1.807) is 18.2 Å². The average Bonchev–Trinajstić information content (AvgIpc) is 3.35. The molecule has 28 heavy (non-hydrogen) atoms. The Morgan fingerprint density at radius 2 is 1.93 bits per heavy atom. The molecular weight excluding hydrogens is 382 g/mol. The molecule has 0 aliphatic carbocycles. The van der Waals surface area contributed by atoms with Gasteiger partial charge in [0.2, 0.25) is 5.88 Å². The minimum Gasteiger partial charge on any atom is -0.488 e. The molecule has 8 heteroatoms. The van der Waals surface area contributed by atoms with Gasteiger partial charge >= 0.3 is 0 Å². The number of rotatable bonds is 3. The molecule has 1 N–H and O–H groups in total. The number of ether oxygens (including phenoxy) is 1. The lowest BCUT2D eigenvalue weighted by Crippen LogP contribution is -2.16. The standard InChI is InChI=1S/C20H12ClN3O4/c21-12-5-3-4-11(8-12)15-9-17(27-23-15)22-20(25)18-14-10-26-16-7-2-1-6-13(16)19(14)28-24-18/h1-9H,10H2,(H,22,25). The Morgan fingerprint density at radius 3 is 2.82 bits per heavy atom. The number of aromatic nitrogens is 2. The van der Waals surface area contributed by atoms with Crippen LogP contribution in [-0.2, 0) is 6.61 Å². The van der Waals surface area contributed by atoms with E-state index >= 15 is 0 Å². The smallest absolute Gasteiger partial charge is 0.280 e. The van der Waals surface area contributed by atoms with E-state index in [1.807, 2.05) is 36.4 Å². The van der Waals surface area contributed by atoms with Crippen LogP contribution < -0.4 is 10.1 Å². The van der Waals surface area contributed by atoms with Crippen LogP contribution in [0.3, 0.4) is 0 Å². The van der Waals surface area contributed by atoms with Crippen molar-refractivity contribution in [3.05, 3.63) is 70.9 Å². The Bertz CT molecular complexity index is 1200. The molecule has 2 aromatic carbocycles. The normalized spacial score (nSPS) is 12.0. The van der Waals surface area contributed by atoms with Crippen LogP contribution in [0.2, 0.25) is 5.02 Å². The third-order valence-corrected chi connectivity index (χ3v) is 4.61. The molecule has 3 heterocycles. The van der Waals surface area contributed by atoms with Crippen molar-refractivity contribution in [3.63, 3.8) is 0 Å². The fourth-order valence-corrected chi connectivity index (χ4v) is 3.24. The Balaban J connectivity index is 1.40. The molecule has 7 nitrogen and oxygen atoms in total. The van der Waals surface area contributed by atoms with Crippen molar-refractivity contribution in [2.24, 2.45) is 0 Å². The lowest BCUT2D eigenvalue weighted by atomic mass is 10.0. The molecule has 0 fully saturated rings. The van der Waals surface area contributed by atoms with Gasteiger partial charge in [0.05, 0.1) is 11.1 Å². The van der Waals surface area contributed by atoms with Gasteiger partial charge < -0.3 is 13.8 Å². The number of benzene rings is 2. The zero-order valence-corrected chi connectivity index (χ0v) is 15.1. The largest absolute Gasteiger partial charge is 0.488 e. The Labute approximate surface area is 163 Å². The van der Waals surface area contributed by atoms with Gasteiger partial charge in [0.1, 0.15) is 18.1 Å². The molecule has 0 atom stereocenters. The van der Waals surface area contributed by atoms with E-state index in [4.69, 9.17) is 25.4 Å². The predicted molar refractivity (Wildman–Crippen MR) is 101 cm³/mol. The van der Waals surface area contributed by atoms with Crippen LogP contribution in [0.15, 0.2) is 63.6 Å². The number of carbonyl (C=O) groups excluding carboxylic acids is 1. The monoisotopic (exact) mass is 393 g/mol. The molecule has 1 aliphatic rings. The summed E-state index contributed by atoms with van der Waals surface area (Å²) in [5, 5.41) is 11.1. The number of carbonyl (C=O) groups is 1.